The van der Waals surface area contributed by atoms with E-state index in [0.717, 1.165) is 46.8 Å². The maximum Gasteiger partial charge on any atom is 0.417 e. The van der Waals surface area contributed by atoms with Crippen LogP contribution >= 0.6 is 0 Å². The quantitative estimate of drug-likeness (QED) is 0.102. The molecule has 0 unspecified atom stereocenters. The van der Waals surface area contributed by atoms with Crippen molar-refractivity contribution in [1.82, 2.24) is 25.1 Å². The summed E-state index contributed by atoms with van der Waals surface area (Å²) in [5, 5.41) is 22.1. The van der Waals surface area contributed by atoms with E-state index < -0.39 is 47.9 Å². The number of fused-ring (bicyclic) bond motifs is 1. The second-order valence-corrected chi connectivity index (χ2v) is 26.3. The van der Waals surface area contributed by atoms with Gasteiger partial charge in [0.15, 0.2) is 5.82 Å². The molecule has 8 nitrogen and oxygen atoms in total. The monoisotopic (exact) mass is 840 g/mol. The molecule has 0 aliphatic carbocycles. The molecule has 1 aliphatic heterocycles. The number of nitrogens with zero attached hydrogens (tertiary/aromatic N) is 5. The summed E-state index contributed by atoms with van der Waals surface area (Å²) >= 11 is -2.68. The number of carboxylic acid groups (broad SMARTS) is 1. The molecule has 1 aromatic carbocycles. The van der Waals surface area contributed by atoms with Crippen LogP contribution in [-0.2, 0) is 12.4 Å². The number of alkyl halides is 6. The topological polar surface area (TPSA) is 104 Å². The number of anilines is 1. The van der Waals surface area contributed by atoms with Gasteiger partial charge in [0.25, 0.3) is 0 Å². The zero-order valence-electron chi connectivity index (χ0n) is 29.7. The molecule has 1 saturated heterocycles. The zero-order valence-corrected chi connectivity index (χ0v) is 32.5. The number of nitrogens with one attached hydrogen (secondary N) is 1. The Hall–Kier alpha value is -3.69. The molecule has 0 spiro atoms. The summed E-state index contributed by atoms with van der Waals surface area (Å²) in [7, 11) is 0. The molecule has 0 radical (unpaired) electrons. The third kappa shape index (κ3) is 10.7. The van der Waals surface area contributed by atoms with Crippen LogP contribution in [0.2, 0.25) is 13.3 Å². The minimum Gasteiger partial charge on any atom is -0.465 e. The van der Waals surface area contributed by atoms with Gasteiger partial charge in [0.05, 0.1) is 11.3 Å². The smallest absolute Gasteiger partial charge is 0.417 e. The second-order valence-electron chi connectivity index (χ2n) is 13.3. The van der Waals surface area contributed by atoms with Crippen LogP contribution in [0.25, 0.3) is 22.2 Å². The molecule has 1 atom stereocenters. The van der Waals surface area contributed by atoms with E-state index in [1.807, 2.05) is 12.1 Å². The number of hydrogen-bond acceptors (Lipinski definition) is 6. The number of hydrogen-bond donors (Lipinski definition) is 2. The fourth-order valence-corrected chi connectivity index (χ4v) is 21.9. The van der Waals surface area contributed by atoms with Crippen molar-refractivity contribution >= 4 is 44.8 Å². The van der Waals surface area contributed by atoms with Crippen LogP contribution in [0.3, 0.4) is 0 Å². The molecular formula is C37H46F6N6O2Sn. The summed E-state index contributed by atoms with van der Waals surface area (Å²) < 4.78 is 81.5. The van der Waals surface area contributed by atoms with E-state index in [1.165, 1.54) is 49.6 Å². The van der Waals surface area contributed by atoms with Crippen LogP contribution in [-0.4, -0.2) is 73.8 Å². The third-order valence-electron chi connectivity index (χ3n) is 9.48. The van der Waals surface area contributed by atoms with Crippen molar-refractivity contribution < 1.29 is 36.2 Å². The molecule has 5 rings (SSSR count). The van der Waals surface area contributed by atoms with E-state index in [9.17, 15) is 31.1 Å². The molecular weight excluding hydrogens is 793 g/mol. The fourth-order valence-electron chi connectivity index (χ4n) is 6.53. The van der Waals surface area contributed by atoms with Gasteiger partial charge in [-0.1, -0.05) is 24.3 Å². The van der Waals surface area contributed by atoms with Crippen molar-refractivity contribution in [3.8, 4) is 11.4 Å². The summed E-state index contributed by atoms with van der Waals surface area (Å²) in [6.45, 7) is 7.35. The number of pyridine rings is 2. The van der Waals surface area contributed by atoms with Crippen LogP contribution in [0.1, 0.15) is 76.8 Å². The van der Waals surface area contributed by atoms with Crippen LogP contribution in [0.15, 0.2) is 60.9 Å². The predicted molar refractivity (Wildman–Crippen MR) is 193 cm³/mol. The first-order valence-electron chi connectivity index (χ1n) is 17.8. The van der Waals surface area contributed by atoms with Gasteiger partial charge in [-0.25, -0.2) is 4.79 Å². The fraction of sp³-hybridized carbons (Fsp3) is 0.486. The first kappa shape index (κ1) is 41.1. The molecule has 2 N–H and O–H groups in total. The van der Waals surface area contributed by atoms with Gasteiger partial charge >= 0.3 is 155 Å². The molecule has 1 aliphatic rings. The summed E-state index contributed by atoms with van der Waals surface area (Å²) in [6, 6.07) is 12.3. The number of benzene rings is 1. The molecule has 4 heterocycles. The largest absolute Gasteiger partial charge is 0.465 e. The SMILES string of the molecule is CCC[CH2][Sn]([CH2]CCC)([CH2]CCC)[c]1ccc(C(F)(F)F)cn1.O=C(O)N1CC[C@H](Nc2nnc(-c3ccc(C(F)(F)F)cn3)c3ccccc23)C1. The van der Waals surface area contributed by atoms with E-state index in [0.29, 0.717) is 36.4 Å². The average Bonchev–Trinajstić information content (AvgIpc) is 3.60. The number of likely N-dealkylation sites (tertiary alicyclic amines) is 1. The summed E-state index contributed by atoms with van der Waals surface area (Å²) in [6.07, 6.45) is -0.226. The number of aromatic nitrogens is 4. The van der Waals surface area contributed by atoms with E-state index in [2.05, 4.69) is 46.3 Å². The molecule has 52 heavy (non-hydrogen) atoms. The molecule has 0 bridgehead atoms. The molecule has 3 aromatic heterocycles. The molecule has 282 valence electrons. The average molecular weight is 840 g/mol. The van der Waals surface area contributed by atoms with Crippen molar-refractivity contribution in [2.45, 2.75) is 97.4 Å². The number of carbonyl (C=O) groups is 1. The standard InChI is InChI=1S/C19H16F3N5O2.C6H3F3N.3C4H9.Sn/c20-19(21,22)11-5-6-15(23-9-11)16-13-3-1-2-4-14(13)17(26-25-16)24-12-7-8-27(10-12)18(28)29;7-6(8,9)5-2-1-3-10-4-5;3*1-3-4-2;/h1-6,9,12H,7-8,10H2,(H,24,26)(H,28,29);1-2,4H;3*1,3-4H2,2H3;/t12-;;;;;/m0...../s1. The van der Waals surface area contributed by atoms with Gasteiger partial charge < -0.3 is 15.3 Å². The number of amides is 1. The number of halogens is 6. The summed E-state index contributed by atoms with van der Waals surface area (Å²) in [4.78, 5) is 20.7. The van der Waals surface area contributed by atoms with Crippen molar-refractivity contribution in [1.29, 1.82) is 0 Å². The van der Waals surface area contributed by atoms with Crippen LogP contribution < -0.4 is 9.03 Å². The van der Waals surface area contributed by atoms with Gasteiger partial charge in [0, 0.05) is 36.1 Å². The Morgan fingerprint density at radius 3 is 1.83 bits per heavy atom. The van der Waals surface area contributed by atoms with E-state index in [-0.39, 0.29) is 11.7 Å². The molecule has 15 heteroatoms. The van der Waals surface area contributed by atoms with Crippen molar-refractivity contribution in [3.63, 3.8) is 0 Å². The van der Waals surface area contributed by atoms with Gasteiger partial charge in [-0.05, 0) is 18.6 Å². The molecule has 1 fully saturated rings. The Bertz CT molecular complexity index is 1720. The second kappa shape index (κ2) is 18.4. The number of unbranched alkanes of at least 4 members (excludes halogenated alkanes) is 3. The Labute approximate surface area is 304 Å². The first-order chi connectivity index (χ1) is 24.7. The minimum absolute atomic E-state index is 0.0983. The van der Waals surface area contributed by atoms with Crippen molar-refractivity contribution in [2.75, 3.05) is 18.4 Å². The molecule has 4 aromatic rings. The van der Waals surface area contributed by atoms with Gasteiger partial charge in [0.1, 0.15) is 5.69 Å². The van der Waals surface area contributed by atoms with E-state index in [1.54, 1.807) is 18.2 Å². The van der Waals surface area contributed by atoms with E-state index >= 15 is 0 Å². The summed E-state index contributed by atoms with van der Waals surface area (Å²) in [5.41, 5.74) is -0.798. The molecule has 1 amide bonds. The Morgan fingerprint density at radius 1 is 0.808 bits per heavy atom. The normalized spacial score (nSPS) is 15.0. The van der Waals surface area contributed by atoms with Gasteiger partial charge in [-0.2, -0.15) is 13.2 Å². The van der Waals surface area contributed by atoms with Gasteiger partial charge in [-0.15, -0.1) is 10.2 Å². The van der Waals surface area contributed by atoms with Crippen LogP contribution in [0.4, 0.5) is 37.0 Å². The Balaban J connectivity index is 0.000000240. The Kier molecular flexibility index (Phi) is 14.5. The maximum atomic E-state index is 12.8. The van der Waals surface area contributed by atoms with Crippen LogP contribution in [0.5, 0.6) is 0 Å². The van der Waals surface area contributed by atoms with Gasteiger partial charge in [0.2, 0.25) is 0 Å². The minimum atomic E-state index is -4.46. The molecule has 0 saturated carbocycles. The maximum absolute atomic E-state index is 12.8. The number of rotatable bonds is 13. The zero-order chi connectivity index (χ0) is 37.9. The van der Waals surface area contributed by atoms with Crippen molar-refractivity contribution in [3.05, 3.63) is 72.1 Å². The summed E-state index contributed by atoms with van der Waals surface area (Å²) in [5.74, 6) is 0.494. The van der Waals surface area contributed by atoms with Crippen LogP contribution in [0, 0.1) is 0 Å². The van der Waals surface area contributed by atoms with E-state index in [4.69, 9.17) is 5.11 Å². The van der Waals surface area contributed by atoms with Gasteiger partial charge in [-0.3, -0.25) is 4.98 Å². The first-order valence-corrected chi connectivity index (χ1v) is 25.3. The van der Waals surface area contributed by atoms with Crippen molar-refractivity contribution in [2.24, 2.45) is 0 Å². The Morgan fingerprint density at radius 2 is 1.37 bits per heavy atom. The third-order valence-corrected chi connectivity index (χ3v) is 24.6. The predicted octanol–water partition coefficient (Wildman–Crippen LogP) is 10.0.